The molecule has 27 heavy (non-hydrogen) atoms. The molecule has 2 bridgehead atoms. The summed E-state index contributed by atoms with van der Waals surface area (Å²) in [5.41, 5.74) is -2.02. The Balaban J connectivity index is 1.90. The molecule has 1 aromatic heterocycles. The minimum Gasteiger partial charge on any atom is -0.444 e. The number of carbonyl (C=O) groups excluding carboxylic acids is 1. The van der Waals surface area contributed by atoms with Crippen LogP contribution in [0.2, 0.25) is 5.15 Å². The molecule has 2 saturated heterocycles. The molecule has 6 nitrogen and oxygen atoms in total. The molecule has 0 unspecified atom stereocenters. The second kappa shape index (κ2) is 6.47. The Bertz CT molecular complexity index is 725. The predicted molar refractivity (Wildman–Crippen MR) is 103 cm³/mol. The summed E-state index contributed by atoms with van der Waals surface area (Å²) in [6.07, 6.45) is 3.13. The van der Waals surface area contributed by atoms with Crippen LogP contribution in [0.4, 0.5) is 15.0 Å². The van der Waals surface area contributed by atoms with Crippen molar-refractivity contribution >= 4 is 23.5 Å². The van der Waals surface area contributed by atoms with Gasteiger partial charge in [-0.1, -0.05) is 11.6 Å². The van der Waals surface area contributed by atoms with Gasteiger partial charge in [0.25, 0.3) is 0 Å². The van der Waals surface area contributed by atoms with Crippen LogP contribution in [0, 0.1) is 0 Å². The average molecular weight is 399 g/mol. The number of alkyl halides is 1. The van der Waals surface area contributed by atoms with Crippen molar-refractivity contribution in [2.24, 2.45) is 0 Å². The maximum atomic E-state index is 15.8. The lowest BCUT2D eigenvalue weighted by Crippen LogP contribution is -2.69. The van der Waals surface area contributed by atoms with Crippen molar-refractivity contribution in [1.82, 2.24) is 14.9 Å². The zero-order valence-corrected chi connectivity index (χ0v) is 17.5. The van der Waals surface area contributed by atoms with E-state index in [-0.39, 0.29) is 0 Å². The zero-order valence-electron chi connectivity index (χ0n) is 16.8. The zero-order chi connectivity index (χ0) is 20.2. The molecule has 3 rings (SSSR count). The van der Waals surface area contributed by atoms with Gasteiger partial charge >= 0.3 is 6.09 Å². The first-order valence-electron chi connectivity index (χ1n) is 9.25. The number of carbonyl (C=O) groups is 1. The monoisotopic (exact) mass is 398 g/mol. The van der Waals surface area contributed by atoms with Gasteiger partial charge in [0, 0.05) is 12.6 Å². The maximum Gasteiger partial charge on any atom is 0.411 e. The fourth-order valence-corrected chi connectivity index (χ4v) is 4.61. The van der Waals surface area contributed by atoms with E-state index < -0.39 is 35.0 Å². The Hall–Kier alpha value is -1.63. The van der Waals surface area contributed by atoms with E-state index in [1.807, 2.05) is 46.6 Å². The van der Waals surface area contributed by atoms with Gasteiger partial charge in [-0.25, -0.2) is 19.2 Å². The molecule has 2 fully saturated rings. The van der Waals surface area contributed by atoms with Crippen molar-refractivity contribution in [3.05, 3.63) is 17.5 Å². The van der Waals surface area contributed by atoms with Gasteiger partial charge in [0.15, 0.2) is 0 Å². The molecule has 0 spiro atoms. The summed E-state index contributed by atoms with van der Waals surface area (Å²) in [6, 6.07) is -0.420. The topological polar surface area (TPSA) is 58.6 Å². The van der Waals surface area contributed by atoms with Crippen LogP contribution in [0.1, 0.15) is 53.9 Å². The van der Waals surface area contributed by atoms with Crippen molar-refractivity contribution in [2.45, 2.75) is 82.8 Å². The van der Waals surface area contributed by atoms with E-state index in [0.29, 0.717) is 23.8 Å². The van der Waals surface area contributed by atoms with E-state index in [4.69, 9.17) is 16.3 Å². The highest BCUT2D eigenvalue weighted by molar-refractivity contribution is 6.29. The van der Waals surface area contributed by atoms with Crippen molar-refractivity contribution in [3.8, 4) is 0 Å². The van der Waals surface area contributed by atoms with E-state index in [0.717, 1.165) is 6.42 Å². The van der Waals surface area contributed by atoms with Gasteiger partial charge in [-0.2, -0.15) is 0 Å². The molecule has 0 N–H and O–H groups in total. The van der Waals surface area contributed by atoms with Crippen LogP contribution >= 0.6 is 11.6 Å². The Morgan fingerprint density at radius 3 is 2.56 bits per heavy atom. The number of halogens is 2. The number of anilines is 1. The molecule has 0 aromatic carbocycles. The Labute approximate surface area is 165 Å². The molecule has 8 heteroatoms. The lowest BCUT2D eigenvalue weighted by molar-refractivity contribution is -0.0661. The molecule has 0 saturated carbocycles. The molecule has 3 heterocycles. The minimum atomic E-state index is -1.25. The number of piperidine rings is 1. The highest BCUT2D eigenvalue weighted by Gasteiger charge is 2.64. The summed E-state index contributed by atoms with van der Waals surface area (Å²) < 4.78 is 21.4. The molecular weight excluding hydrogens is 371 g/mol. The van der Waals surface area contributed by atoms with Crippen LogP contribution < -0.4 is 4.90 Å². The summed E-state index contributed by atoms with van der Waals surface area (Å²) in [4.78, 5) is 24.7. The number of nitrogens with zero attached hydrogens (tertiary/aromatic N) is 4. The molecule has 150 valence electrons. The lowest BCUT2D eigenvalue weighted by atomic mass is 9.80. The normalized spacial score (nSPS) is 33.1. The van der Waals surface area contributed by atoms with Gasteiger partial charge in [-0.05, 0) is 53.9 Å². The number of fused-ring (bicyclic) bond motifs is 2. The summed E-state index contributed by atoms with van der Waals surface area (Å²) in [7, 11) is 1.81. The summed E-state index contributed by atoms with van der Waals surface area (Å²) in [5, 5.41) is 0.294. The molecule has 4 atom stereocenters. The smallest absolute Gasteiger partial charge is 0.411 e. The number of hydrogen-bond donors (Lipinski definition) is 0. The quantitative estimate of drug-likeness (QED) is 0.746. The summed E-state index contributed by atoms with van der Waals surface area (Å²) >= 11 is 5.81. The molecule has 2 aliphatic rings. The van der Waals surface area contributed by atoms with Gasteiger partial charge in [0.1, 0.15) is 22.7 Å². The third-order valence-corrected chi connectivity index (χ3v) is 6.04. The van der Waals surface area contributed by atoms with Gasteiger partial charge in [0.2, 0.25) is 0 Å². The summed E-state index contributed by atoms with van der Waals surface area (Å²) in [6.45, 7) is 9.31. The average Bonchev–Trinajstić information content (AvgIpc) is 2.77. The Morgan fingerprint density at radius 1 is 1.33 bits per heavy atom. The van der Waals surface area contributed by atoms with E-state index in [2.05, 4.69) is 9.97 Å². The predicted octanol–water partition coefficient (Wildman–Crippen LogP) is 4.22. The fourth-order valence-electron chi connectivity index (χ4n) is 4.51. The van der Waals surface area contributed by atoms with Crippen molar-refractivity contribution in [2.75, 3.05) is 11.9 Å². The minimum absolute atomic E-state index is 0.294. The van der Waals surface area contributed by atoms with E-state index in [1.165, 1.54) is 6.20 Å². The number of aromatic nitrogens is 2. The van der Waals surface area contributed by atoms with Crippen molar-refractivity contribution in [1.29, 1.82) is 0 Å². The molecule has 1 aromatic rings. The molecule has 1 amide bonds. The second-order valence-electron chi connectivity index (χ2n) is 9.15. The number of rotatable bonds is 2. The van der Waals surface area contributed by atoms with Gasteiger partial charge in [0.05, 0.1) is 24.0 Å². The third kappa shape index (κ3) is 3.46. The van der Waals surface area contributed by atoms with Gasteiger partial charge in [-0.3, -0.25) is 4.90 Å². The summed E-state index contributed by atoms with van der Waals surface area (Å²) in [5.74, 6) is 0.560. The van der Waals surface area contributed by atoms with Crippen LogP contribution in [-0.4, -0.2) is 56.9 Å². The van der Waals surface area contributed by atoms with Crippen LogP contribution in [0.5, 0.6) is 0 Å². The fraction of sp³-hybridized carbons (Fsp3) is 0.737. The van der Waals surface area contributed by atoms with Crippen molar-refractivity contribution < 1.29 is 13.9 Å². The van der Waals surface area contributed by atoms with Crippen LogP contribution in [0.3, 0.4) is 0 Å². The highest BCUT2D eigenvalue weighted by Crippen LogP contribution is 2.53. The Kier molecular flexibility index (Phi) is 4.82. The van der Waals surface area contributed by atoms with Crippen LogP contribution in [0.25, 0.3) is 0 Å². The molecule has 0 aliphatic carbocycles. The van der Waals surface area contributed by atoms with Crippen molar-refractivity contribution in [3.63, 3.8) is 0 Å². The van der Waals surface area contributed by atoms with Crippen LogP contribution in [0.15, 0.2) is 12.4 Å². The Morgan fingerprint density at radius 2 is 2.00 bits per heavy atom. The second-order valence-corrected chi connectivity index (χ2v) is 9.54. The highest BCUT2D eigenvalue weighted by atomic mass is 35.5. The maximum absolute atomic E-state index is 15.8. The van der Waals surface area contributed by atoms with E-state index in [1.54, 1.807) is 11.1 Å². The van der Waals surface area contributed by atoms with E-state index >= 15 is 4.39 Å². The van der Waals surface area contributed by atoms with Crippen LogP contribution in [-0.2, 0) is 4.74 Å². The lowest BCUT2D eigenvalue weighted by Gasteiger charge is -2.54. The first-order valence-corrected chi connectivity index (χ1v) is 9.63. The van der Waals surface area contributed by atoms with Gasteiger partial charge < -0.3 is 9.64 Å². The number of ether oxygens (including phenoxy) is 1. The standard InChI is InChI=1S/C19H28ClFN4O2/c1-17(2,3)27-16(26)25-18(4)7-8-19(25,5)15(21)12(9-18)24(6)14-11-22-13(20)10-23-14/h10-12,15H,7-9H2,1-6H3/t12-,15-,18-,19+/m1/s1. The van der Waals surface area contributed by atoms with E-state index in [9.17, 15) is 4.79 Å². The largest absolute Gasteiger partial charge is 0.444 e. The number of amides is 1. The van der Waals surface area contributed by atoms with Gasteiger partial charge in [-0.15, -0.1) is 0 Å². The number of hydrogen-bond acceptors (Lipinski definition) is 5. The first-order chi connectivity index (χ1) is 12.4. The SMILES string of the molecule is CN(c1cnc(Cl)cn1)[C@@H]1C[C@@]2(C)CC[C@@](C)([C@@H]1F)N2C(=O)OC(C)(C)C. The third-order valence-electron chi connectivity index (χ3n) is 5.84. The molecule has 2 aliphatic heterocycles. The molecular formula is C19H28ClFN4O2. The molecule has 0 radical (unpaired) electrons. The first kappa shape index (κ1) is 20.1.